The molecule has 10 nitrogen and oxygen atoms in total. The summed E-state index contributed by atoms with van der Waals surface area (Å²) in [4.78, 5) is 34.7. The molecule has 222 valence electrons. The van der Waals surface area contributed by atoms with Crippen molar-refractivity contribution in [3.8, 4) is 28.1 Å². The Labute approximate surface area is 249 Å². The van der Waals surface area contributed by atoms with E-state index >= 15 is 4.39 Å². The van der Waals surface area contributed by atoms with Gasteiger partial charge >= 0.3 is 6.18 Å². The quantitative estimate of drug-likeness (QED) is 0.256. The Hall–Kier alpha value is -5.11. The lowest BCUT2D eigenvalue weighted by Crippen LogP contribution is -2.26. The van der Waals surface area contributed by atoms with Gasteiger partial charge in [0.2, 0.25) is 5.95 Å². The summed E-state index contributed by atoms with van der Waals surface area (Å²) in [5.74, 6) is -0.853. The molecule has 5 heterocycles. The van der Waals surface area contributed by atoms with Crippen molar-refractivity contribution in [3.63, 3.8) is 0 Å². The van der Waals surface area contributed by atoms with Crippen LogP contribution in [0.1, 0.15) is 30.0 Å². The fraction of sp³-hybridized carbons (Fsp3) is 0.172. The average Bonchev–Trinajstić information content (AvgIpc) is 3.70. The summed E-state index contributed by atoms with van der Waals surface area (Å²) >= 11 is 6.29. The number of imidazole rings is 1. The van der Waals surface area contributed by atoms with E-state index in [2.05, 4.69) is 30.5 Å². The fourth-order valence-electron chi connectivity index (χ4n) is 5.84. The minimum absolute atomic E-state index is 0.0583. The molecule has 0 fully saturated rings. The van der Waals surface area contributed by atoms with Crippen molar-refractivity contribution in [1.82, 2.24) is 39.7 Å². The van der Waals surface area contributed by atoms with Crippen LogP contribution in [-0.2, 0) is 12.6 Å². The van der Waals surface area contributed by atoms with Gasteiger partial charge in [0.15, 0.2) is 0 Å². The van der Waals surface area contributed by atoms with Crippen LogP contribution in [0.3, 0.4) is 0 Å². The lowest BCUT2D eigenvalue weighted by molar-refractivity contribution is -0.138. The van der Waals surface area contributed by atoms with Gasteiger partial charge in [-0.3, -0.25) is 9.59 Å². The van der Waals surface area contributed by atoms with E-state index in [0.29, 0.717) is 34.0 Å². The van der Waals surface area contributed by atoms with Crippen LogP contribution >= 0.6 is 11.6 Å². The largest absolute Gasteiger partial charge is 0.421 e. The number of nitrogens with one attached hydrogen (secondary N) is 2. The summed E-state index contributed by atoms with van der Waals surface area (Å²) in [5.41, 5.74) is -0.0948. The van der Waals surface area contributed by atoms with E-state index in [9.17, 15) is 22.8 Å². The number of aromatic nitrogens is 8. The number of benzene rings is 2. The Balaban J connectivity index is 1.29. The number of aromatic amines is 2. The van der Waals surface area contributed by atoms with Gasteiger partial charge in [-0.2, -0.15) is 22.2 Å². The zero-order valence-corrected chi connectivity index (χ0v) is 23.3. The molecule has 2 aromatic carbocycles. The van der Waals surface area contributed by atoms with Crippen molar-refractivity contribution >= 4 is 22.5 Å². The van der Waals surface area contributed by atoms with Crippen LogP contribution in [0.5, 0.6) is 0 Å². The normalized spacial score (nSPS) is 16.5. The highest BCUT2D eigenvalue weighted by Crippen LogP contribution is 2.38. The molecule has 0 spiro atoms. The lowest BCUT2D eigenvalue weighted by Gasteiger charge is -2.17. The minimum atomic E-state index is -4.86. The van der Waals surface area contributed by atoms with E-state index in [-0.39, 0.29) is 39.5 Å². The van der Waals surface area contributed by atoms with E-state index in [1.54, 1.807) is 22.8 Å². The molecule has 1 aliphatic heterocycles. The molecule has 0 amide bonds. The predicted molar refractivity (Wildman–Crippen MR) is 152 cm³/mol. The number of pyridine rings is 2. The van der Waals surface area contributed by atoms with Crippen LogP contribution in [0.4, 0.5) is 17.6 Å². The molecule has 0 aliphatic carbocycles. The third-order valence-corrected chi connectivity index (χ3v) is 7.99. The number of halogens is 5. The topological polar surface area (TPSA) is 127 Å². The molecular formula is C29H19ClF4N8O2. The number of nitrogens with zero attached hydrogens (tertiary/aromatic N) is 6. The number of hydrogen-bond donors (Lipinski definition) is 2. The summed E-state index contributed by atoms with van der Waals surface area (Å²) in [7, 11) is 0. The van der Waals surface area contributed by atoms with Crippen molar-refractivity contribution < 1.29 is 17.6 Å². The first-order valence-corrected chi connectivity index (χ1v) is 13.6. The number of alkyl halides is 3. The van der Waals surface area contributed by atoms with Gasteiger partial charge in [0.1, 0.15) is 23.4 Å². The van der Waals surface area contributed by atoms with Crippen molar-refractivity contribution in [2.45, 2.75) is 25.6 Å². The molecular weight excluding hydrogens is 604 g/mol. The Morgan fingerprint density at radius 1 is 1.00 bits per heavy atom. The molecule has 0 saturated heterocycles. The number of hydrogen-bond acceptors (Lipinski definition) is 6. The molecule has 0 bridgehead atoms. The molecule has 4 aromatic heterocycles. The van der Waals surface area contributed by atoms with E-state index in [4.69, 9.17) is 11.6 Å². The van der Waals surface area contributed by atoms with Gasteiger partial charge in [-0.1, -0.05) is 24.6 Å². The second-order valence-electron chi connectivity index (χ2n) is 10.6. The predicted octanol–water partition coefficient (Wildman–Crippen LogP) is 5.32. The highest BCUT2D eigenvalue weighted by molar-refractivity contribution is 6.31. The van der Waals surface area contributed by atoms with Gasteiger partial charge in [0.25, 0.3) is 11.1 Å². The number of fused-ring (bicyclic) bond motifs is 2. The number of H-pyrrole nitrogens is 2. The molecule has 44 heavy (non-hydrogen) atoms. The molecule has 0 radical (unpaired) electrons. The van der Waals surface area contributed by atoms with Crippen LogP contribution < -0.4 is 11.1 Å². The van der Waals surface area contributed by atoms with Crippen molar-refractivity contribution in [2.75, 3.05) is 0 Å². The van der Waals surface area contributed by atoms with Gasteiger partial charge in [-0.15, -0.1) is 5.10 Å². The zero-order valence-electron chi connectivity index (χ0n) is 22.5. The smallest absolute Gasteiger partial charge is 0.338 e. The Morgan fingerprint density at radius 2 is 1.82 bits per heavy atom. The minimum Gasteiger partial charge on any atom is -0.338 e. The Bertz CT molecular complexity index is 2200. The van der Waals surface area contributed by atoms with E-state index in [1.807, 2.05) is 13.0 Å². The maximum Gasteiger partial charge on any atom is 0.421 e. The summed E-state index contributed by atoms with van der Waals surface area (Å²) in [6.07, 6.45) is -2.95. The molecule has 2 atom stereocenters. The summed E-state index contributed by atoms with van der Waals surface area (Å²) in [6, 6.07) is 12.7. The van der Waals surface area contributed by atoms with Gasteiger partial charge < -0.3 is 14.5 Å². The standard InChI is InChI=1S/C29H19ClF4N8O2/c1-13-6-18-8-15(19-11-17(30)3-5-22(19)41-12-35-39-40-41)10-23(43)42(18)25(13)27-37-24(26(31)38-27)14-2-4-21-16(7-14)9-20(28(44)36-21)29(32,33)34/h2-5,7-13,25H,6H2,1H3,(H,36,44)(H,37,38)/t13-,25-/m0/s1. The molecule has 7 rings (SSSR count). The second kappa shape index (κ2) is 9.98. The Morgan fingerprint density at radius 3 is 2.57 bits per heavy atom. The maximum atomic E-state index is 15.3. The van der Waals surface area contributed by atoms with Gasteiger partial charge in [0.05, 0.1) is 11.7 Å². The summed E-state index contributed by atoms with van der Waals surface area (Å²) < 4.78 is 58.3. The van der Waals surface area contributed by atoms with E-state index in [0.717, 1.165) is 6.07 Å². The SMILES string of the molecule is C[C@H]1Cc2cc(-c3cc(Cl)ccc3-n3cnnn3)cc(=O)n2[C@@H]1c1nc(F)c(-c2ccc3[nH]c(=O)c(C(F)(F)F)cc3c2)[nH]1. The van der Waals surface area contributed by atoms with Crippen molar-refractivity contribution in [1.29, 1.82) is 0 Å². The molecule has 0 saturated carbocycles. The third-order valence-electron chi connectivity index (χ3n) is 7.76. The average molecular weight is 623 g/mol. The number of tetrazole rings is 1. The Kier molecular flexibility index (Phi) is 6.28. The first kappa shape index (κ1) is 27.7. The van der Waals surface area contributed by atoms with Crippen molar-refractivity contribution in [3.05, 3.63) is 110 Å². The monoisotopic (exact) mass is 622 g/mol. The van der Waals surface area contributed by atoms with E-state index < -0.39 is 29.3 Å². The highest BCUT2D eigenvalue weighted by Gasteiger charge is 2.36. The first-order valence-electron chi connectivity index (χ1n) is 13.3. The van der Waals surface area contributed by atoms with Crippen LogP contribution in [-0.4, -0.2) is 39.7 Å². The number of rotatable bonds is 4. The third kappa shape index (κ3) is 4.58. The zero-order chi connectivity index (χ0) is 30.9. The fourth-order valence-corrected chi connectivity index (χ4v) is 6.01. The van der Waals surface area contributed by atoms with Crippen molar-refractivity contribution in [2.24, 2.45) is 5.92 Å². The second-order valence-corrected chi connectivity index (χ2v) is 11.0. The first-order chi connectivity index (χ1) is 21.0. The molecule has 2 N–H and O–H groups in total. The summed E-state index contributed by atoms with van der Waals surface area (Å²) in [6.45, 7) is 1.91. The molecule has 1 aliphatic rings. The van der Waals surface area contributed by atoms with Crippen LogP contribution in [0, 0.1) is 11.9 Å². The van der Waals surface area contributed by atoms with Crippen LogP contribution in [0.25, 0.3) is 39.0 Å². The lowest BCUT2D eigenvalue weighted by atomic mass is 10.00. The van der Waals surface area contributed by atoms with Gasteiger partial charge in [-0.05, 0) is 76.2 Å². The van der Waals surface area contributed by atoms with Gasteiger partial charge in [-0.25, -0.2) is 4.98 Å². The molecule has 6 aromatic rings. The van der Waals surface area contributed by atoms with Crippen LogP contribution in [0.2, 0.25) is 5.02 Å². The molecule has 15 heteroatoms. The summed E-state index contributed by atoms with van der Waals surface area (Å²) in [5, 5.41) is 11.8. The van der Waals surface area contributed by atoms with Crippen LogP contribution in [0.15, 0.2) is 70.5 Å². The van der Waals surface area contributed by atoms with Gasteiger partial charge in [0, 0.05) is 33.4 Å². The highest BCUT2D eigenvalue weighted by atomic mass is 35.5. The maximum absolute atomic E-state index is 15.3. The van der Waals surface area contributed by atoms with E-state index in [1.165, 1.54) is 35.3 Å². The molecule has 0 unspecified atom stereocenters.